The third-order valence-electron chi connectivity index (χ3n) is 4.52. The molecule has 132 valence electrons. The summed E-state index contributed by atoms with van der Waals surface area (Å²) in [6.07, 6.45) is 0.958. The third kappa shape index (κ3) is 6.22. The van der Waals surface area contributed by atoms with Crippen molar-refractivity contribution in [1.82, 2.24) is 10.6 Å². The van der Waals surface area contributed by atoms with E-state index in [-0.39, 0.29) is 0 Å². The van der Waals surface area contributed by atoms with Gasteiger partial charge in [0, 0.05) is 13.1 Å². The van der Waals surface area contributed by atoms with E-state index in [1.54, 1.807) is 11.0 Å². The molecule has 0 saturated carbocycles. The fourth-order valence-corrected chi connectivity index (χ4v) is 3.04. The second-order valence-corrected chi connectivity index (χ2v) is 6.99. The van der Waals surface area contributed by atoms with Crippen LogP contribution in [0.15, 0.2) is 48.5 Å². The van der Waals surface area contributed by atoms with Crippen molar-refractivity contribution in [3.8, 4) is 0 Å². The molecule has 0 aliphatic heterocycles. The highest BCUT2D eigenvalue weighted by Gasteiger charge is 2.06. The second kappa shape index (κ2) is 10.3. The van der Waals surface area contributed by atoms with E-state index in [0.717, 1.165) is 19.5 Å². The van der Waals surface area contributed by atoms with Gasteiger partial charge in [-0.15, -0.1) is 0 Å². The van der Waals surface area contributed by atoms with Crippen molar-refractivity contribution < 1.29 is 0 Å². The van der Waals surface area contributed by atoms with Crippen molar-refractivity contribution in [3.05, 3.63) is 70.8 Å². The van der Waals surface area contributed by atoms with Crippen LogP contribution in [0.3, 0.4) is 0 Å². The Morgan fingerprint density at radius 3 is 1.40 bits per heavy atom. The lowest BCUT2D eigenvalue weighted by Crippen LogP contribution is -2.17. The molecule has 2 aromatic carbocycles. The van der Waals surface area contributed by atoms with Gasteiger partial charge in [-0.05, 0) is 40.5 Å². The monoisotopic (exact) mass is 370 g/mol. The van der Waals surface area contributed by atoms with Gasteiger partial charge in [0.15, 0.2) is 0 Å². The molecule has 0 aromatic heterocycles. The van der Waals surface area contributed by atoms with Crippen LogP contribution >= 0.6 is 24.4 Å². The van der Waals surface area contributed by atoms with Gasteiger partial charge in [0.1, 0.15) is 0 Å². The topological polar surface area (TPSA) is 24.1 Å². The second-order valence-electron chi connectivity index (χ2n) is 6.51. The van der Waals surface area contributed by atoms with Crippen LogP contribution in [-0.4, -0.2) is 24.1 Å². The summed E-state index contributed by atoms with van der Waals surface area (Å²) in [4.78, 5) is 0. The highest BCUT2D eigenvalue weighted by atomic mass is 32.1. The molecule has 2 atom stereocenters. The molecule has 0 radical (unpaired) electrons. The van der Waals surface area contributed by atoms with Crippen molar-refractivity contribution in [3.63, 3.8) is 0 Å². The van der Waals surface area contributed by atoms with E-state index < -0.39 is 0 Å². The van der Waals surface area contributed by atoms with Gasteiger partial charge in [-0.1, -0.05) is 86.8 Å². The summed E-state index contributed by atoms with van der Waals surface area (Å²) >= 11 is 9.63. The Morgan fingerprint density at radius 1 is 0.720 bits per heavy atom. The molecule has 2 N–H and O–H groups in total. The largest absolute Gasteiger partial charge is 0.382 e. The van der Waals surface area contributed by atoms with E-state index in [1.807, 2.05) is 0 Å². The van der Waals surface area contributed by atoms with E-state index in [2.05, 4.69) is 73.0 Å². The summed E-state index contributed by atoms with van der Waals surface area (Å²) in [5.74, 6) is 0.907. The molecule has 2 rings (SSSR count). The van der Waals surface area contributed by atoms with Gasteiger partial charge in [-0.3, -0.25) is 0 Å². The first-order valence-electron chi connectivity index (χ1n) is 8.65. The van der Waals surface area contributed by atoms with Crippen LogP contribution < -0.4 is 10.6 Å². The summed E-state index contributed by atoms with van der Waals surface area (Å²) in [5.41, 5.74) is 8.51. The molecule has 2 aromatic rings. The number of rotatable bonds is 10. The zero-order chi connectivity index (χ0) is 18.1. The summed E-state index contributed by atoms with van der Waals surface area (Å²) in [5, 5.41) is 6.21. The maximum atomic E-state index is 4.81. The molecule has 2 nitrogen and oxygen atoms in total. The lowest BCUT2D eigenvalue weighted by molar-refractivity contribution is 0.728. The third-order valence-corrected chi connectivity index (χ3v) is 4.85. The van der Waals surface area contributed by atoms with Gasteiger partial charge in [0.2, 0.25) is 0 Å². The van der Waals surface area contributed by atoms with Crippen LogP contribution in [0.4, 0.5) is 0 Å². The summed E-state index contributed by atoms with van der Waals surface area (Å²) in [7, 11) is 0. The molecule has 0 aliphatic rings. The van der Waals surface area contributed by atoms with Crippen LogP contribution in [-0.2, 0) is 6.42 Å². The van der Waals surface area contributed by atoms with Gasteiger partial charge in [-0.25, -0.2) is 0 Å². The van der Waals surface area contributed by atoms with Gasteiger partial charge in [-0.2, -0.15) is 0 Å². The van der Waals surface area contributed by atoms with Crippen LogP contribution in [0.1, 0.15) is 47.9 Å². The highest BCUT2D eigenvalue weighted by molar-refractivity contribution is 7.79. The number of hydrogen-bond acceptors (Lipinski definition) is 2. The summed E-state index contributed by atoms with van der Waals surface area (Å²) < 4.78 is 0. The first-order valence-corrected chi connectivity index (χ1v) is 9.60. The lowest BCUT2D eigenvalue weighted by Gasteiger charge is -2.13. The average Bonchev–Trinajstić information content (AvgIpc) is 2.65. The first-order chi connectivity index (χ1) is 12.1. The minimum absolute atomic E-state index is 0.454. The molecule has 0 fully saturated rings. The number of nitrogens with one attached hydrogen (secondary N) is 2. The van der Waals surface area contributed by atoms with E-state index in [0.29, 0.717) is 11.8 Å². The SMILES string of the molecule is CC(CNC=S)c1ccc(Cc2ccc(C(C)CNC=S)cc2)cc1. The Kier molecular flexibility index (Phi) is 8.02. The van der Waals surface area contributed by atoms with Crippen molar-refractivity contribution in [2.24, 2.45) is 0 Å². The van der Waals surface area contributed by atoms with Crippen LogP contribution in [0, 0.1) is 0 Å². The molecule has 2 unspecified atom stereocenters. The molecule has 0 bridgehead atoms. The molecule has 0 amide bonds. The zero-order valence-electron chi connectivity index (χ0n) is 14.9. The van der Waals surface area contributed by atoms with Crippen molar-refractivity contribution >= 4 is 35.4 Å². The van der Waals surface area contributed by atoms with Gasteiger partial charge < -0.3 is 10.6 Å². The number of thiocarbonyl (C=S) groups is 2. The van der Waals surface area contributed by atoms with E-state index >= 15 is 0 Å². The fraction of sp³-hybridized carbons (Fsp3) is 0.333. The normalized spacial score (nSPS) is 12.9. The van der Waals surface area contributed by atoms with Crippen LogP contribution in [0.25, 0.3) is 0 Å². The summed E-state index contributed by atoms with van der Waals surface area (Å²) in [6, 6.07) is 17.8. The Morgan fingerprint density at radius 2 is 1.08 bits per heavy atom. The summed E-state index contributed by atoms with van der Waals surface area (Å²) in [6.45, 7) is 6.17. The number of hydrogen-bond donors (Lipinski definition) is 2. The van der Waals surface area contributed by atoms with Crippen LogP contribution in [0.2, 0.25) is 0 Å². The molecule has 4 heteroatoms. The minimum atomic E-state index is 0.454. The Bertz CT molecular complexity index is 606. The van der Waals surface area contributed by atoms with Crippen molar-refractivity contribution in [1.29, 1.82) is 0 Å². The van der Waals surface area contributed by atoms with E-state index in [4.69, 9.17) is 24.4 Å². The average molecular weight is 371 g/mol. The molecule has 0 heterocycles. The molecule has 0 saturated heterocycles. The van der Waals surface area contributed by atoms with Gasteiger partial charge in [0.05, 0.1) is 11.0 Å². The maximum Gasteiger partial charge on any atom is 0.0615 e. The Balaban J connectivity index is 1.95. The lowest BCUT2D eigenvalue weighted by atomic mass is 9.96. The predicted octanol–water partition coefficient (Wildman–Crippen LogP) is 4.58. The molecule has 25 heavy (non-hydrogen) atoms. The number of benzene rings is 2. The Hall–Kier alpha value is -1.78. The van der Waals surface area contributed by atoms with Crippen LogP contribution in [0.5, 0.6) is 0 Å². The fourth-order valence-electron chi connectivity index (χ4n) is 2.85. The zero-order valence-corrected chi connectivity index (χ0v) is 16.5. The Labute approximate surface area is 162 Å². The van der Waals surface area contributed by atoms with Gasteiger partial charge in [0.25, 0.3) is 0 Å². The minimum Gasteiger partial charge on any atom is -0.382 e. The van der Waals surface area contributed by atoms with Crippen molar-refractivity contribution in [2.45, 2.75) is 32.1 Å². The van der Waals surface area contributed by atoms with E-state index in [1.165, 1.54) is 22.3 Å². The quantitative estimate of drug-likeness (QED) is 0.598. The predicted molar refractivity (Wildman–Crippen MR) is 116 cm³/mol. The van der Waals surface area contributed by atoms with Gasteiger partial charge >= 0.3 is 0 Å². The maximum absolute atomic E-state index is 4.81. The van der Waals surface area contributed by atoms with Crippen molar-refractivity contribution in [2.75, 3.05) is 13.1 Å². The molecular formula is C21H26N2S2. The smallest absolute Gasteiger partial charge is 0.0615 e. The first kappa shape index (κ1) is 19.5. The standard InChI is InChI=1S/C21H26N2S2/c1-16(12-22-14-24)20-7-3-18(4-8-20)11-19-5-9-21(10-6-19)17(2)13-23-15-25/h3-10,14-17H,11-13H2,1-2H3,(H,22,24)(H,23,25). The molecule has 0 spiro atoms. The molecule has 0 aliphatic carbocycles. The van der Waals surface area contributed by atoms with E-state index in [9.17, 15) is 0 Å². The highest BCUT2D eigenvalue weighted by Crippen LogP contribution is 2.19. The molecular weight excluding hydrogens is 344 g/mol.